The van der Waals surface area contributed by atoms with Crippen LogP contribution in [-0.4, -0.2) is 17.9 Å². The van der Waals surface area contributed by atoms with Gasteiger partial charge in [-0.3, -0.25) is 10.1 Å². The van der Waals surface area contributed by atoms with Gasteiger partial charge < -0.3 is 15.3 Å². The first-order valence-corrected chi connectivity index (χ1v) is 7.39. The van der Waals surface area contributed by atoms with Crippen molar-refractivity contribution in [3.05, 3.63) is 69.8 Å². The molecule has 0 fully saturated rings. The van der Waals surface area contributed by atoms with Gasteiger partial charge in [-0.15, -0.1) is 0 Å². The van der Waals surface area contributed by atoms with E-state index in [1.54, 1.807) is 6.07 Å². The molecule has 7 heteroatoms. The molecule has 2 rings (SSSR count). The molecule has 0 bridgehead atoms. The lowest BCUT2D eigenvalue weighted by Gasteiger charge is -2.05. The SMILES string of the molecule is COc1ccc(CO/N=C(\N)CCc2ccccc2)cc1[N+](=O)[O-]. The molecule has 0 amide bonds. The van der Waals surface area contributed by atoms with Crippen molar-refractivity contribution in [1.82, 2.24) is 0 Å². The predicted octanol–water partition coefficient (Wildman–Crippen LogP) is 3.03. The highest BCUT2D eigenvalue weighted by Crippen LogP contribution is 2.27. The highest BCUT2D eigenvalue weighted by molar-refractivity contribution is 5.79. The van der Waals surface area contributed by atoms with E-state index in [0.717, 1.165) is 6.42 Å². The number of ether oxygens (including phenoxy) is 1. The molecule has 0 heterocycles. The van der Waals surface area contributed by atoms with Crippen molar-refractivity contribution in [2.45, 2.75) is 19.4 Å². The minimum Gasteiger partial charge on any atom is -0.490 e. The normalized spacial score (nSPS) is 11.1. The zero-order valence-corrected chi connectivity index (χ0v) is 13.3. The molecule has 0 radical (unpaired) electrons. The molecule has 0 saturated heterocycles. The van der Waals surface area contributed by atoms with Crippen LogP contribution in [0.25, 0.3) is 0 Å². The number of hydrogen-bond acceptors (Lipinski definition) is 5. The molecule has 24 heavy (non-hydrogen) atoms. The third-order valence-corrected chi connectivity index (χ3v) is 3.37. The van der Waals surface area contributed by atoms with E-state index in [-0.39, 0.29) is 18.0 Å². The fourth-order valence-electron chi connectivity index (χ4n) is 2.12. The van der Waals surface area contributed by atoms with Gasteiger partial charge in [-0.05, 0) is 23.6 Å². The van der Waals surface area contributed by atoms with Gasteiger partial charge in [-0.1, -0.05) is 41.6 Å². The lowest BCUT2D eigenvalue weighted by Crippen LogP contribution is -2.13. The molecule has 2 aromatic carbocycles. The van der Waals surface area contributed by atoms with E-state index in [1.165, 1.54) is 24.8 Å². The summed E-state index contributed by atoms with van der Waals surface area (Å²) in [6, 6.07) is 14.5. The second kappa shape index (κ2) is 8.52. The molecule has 0 saturated carbocycles. The summed E-state index contributed by atoms with van der Waals surface area (Å²) in [5.74, 6) is 0.580. The average Bonchev–Trinajstić information content (AvgIpc) is 2.60. The average molecular weight is 329 g/mol. The fraction of sp³-hybridized carbons (Fsp3) is 0.235. The second-order valence-electron chi connectivity index (χ2n) is 5.10. The molecule has 0 unspecified atom stereocenters. The number of nitro groups is 1. The van der Waals surface area contributed by atoms with Gasteiger partial charge in [0, 0.05) is 12.5 Å². The van der Waals surface area contributed by atoms with Crippen LogP contribution < -0.4 is 10.5 Å². The summed E-state index contributed by atoms with van der Waals surface area (Å²) in [5.41, 5.74) is 7.48. The number of methoxy groups -OCH3 is 1. The van der Waals surface area contributed by atoms with Gasteiger partial charge in [0.05, 0.1) is 12.0 Å². The van der Waals surface area contributed by atoms with Gasteiger partial charge in [-0.2, -0.15) is 0 Å². The van der Waals surface area contributed by atoms with Crippen molar-refractivity contribution in [1.29, 1.82) is 0 Å². The molecule has 126 valence electrons. The Morgan fingerprint density at radius 1 is 1.21 bits per heavy atom. The summed E-state index contributed by atoms with van der Waals surface area (Å²) < 4.78 is 4.95. The Labute approximate surface area is 139 Å². The molecular weight excluding hydrogens is 310 g/mol. The van der Waals surface area contributed by atoms with Crippen LogP contribution in [-0.2, 0) is 17.9 Å². The zero-order chi connectivity index (χ0) is 17.4. The Hall–Kier alpha value is -3.09. The minimum atomic E-state index is -0.500. The standard InChI is InChI=1S/C17H19N3O4/c1-23-16-9-7-14(11-15(16)20(21)22)12-24-19-17(18)10-8-13-5-3-2-4-6-13/h2-7,9,11H,8,10,12H2,1H3,(H2,18,19). The first-order chi connectivity index (χ1) is 11.6. The number of nitrogens with two attached hydrogens (primary N) is 1. The number of nitro benzene ring substituents is 1. The third kappa shape index (κ3) is 4.98. The maximum Gasteiger partial charge on any atom is 0.311 e. The van der Waals surface area contributed by atoms with Gasteiger partial charge in [0.2, 0.25) is 0 Å². The van der Waals surface area contributed by atoms with Crippen LogP contribution in [0, 0.1) is 10.1 Å². The fourth-order valence-corrected chi connectivity index (χ4v) is 2.12. The number of oxime groups is 1. The summed E-state index contributed by atoms with van der Waals surface area (Å²) >= 11 is 0. The van der Waals surface area contributed by atoms with E-state index < -0.39 is 4.92 Å². The Morgan fingerprint density at radius 3 is 2.62 bits per heavy atom. The summed E-state index contributed by atoms with van der Waals surface area (Å²) in [5, 5.41) is 14.8. The summed E-state index contributed by atoms with van der Waals surface area (Å²) in [6.45, 7) is 0.0941. The minimum absolute atomic E-state index is 0.0941. The Balaban J connectivity index is 1.88. The van der Waals surface area contributed by atoms with E-state index in [2.05, 4.69) is 5.16 Å². The van der Waals surface area contributed by atoms with Gasteiger partial charge in [0.15, 0.2) is 5.75 Å². The number of aryl methyl sites for hydroxylation is 1. The van der Waals surface area contributed by atoms with Crippen molar-refractivity contribution >= 4 is 11.5 Å². The highest BCUT2D eigenvalue weighted by atomic mass is 16.6. The van der Waals surface area contributed by atoms with Crippen LogP contribution in [0.4, 0.5) is 5.69 Å². The molecule has 0 aliphatic rings. The predicted molar refractivity (Wildman–Crippen MR) is 90.8 cm³/mol. The van der Waals surface area contributed by atoms with Crippen LogP contribution in [0.15, 0.2) is 53.7 Å². The molecule has 7 nitrogen and oxygen atoms in total. The van der Waals surface area contributed by atoms with Crippen molar-refractivity contribution in [3.8, 4) is 5.75 Å². The van der Waals surface area contributed by atoms with Crippen molar-refractivity contribution in [2.75, 3.05) is 7.11 Å². The van der Waals surface area contributed by atoms with Gasteiger partial charge in [-0.25, -0.2) is 0 Å². The topological polar surface area (TPSA) is 100.0 Å². The van der Waals surface area contributed by atoms with Crippen LogP contribution >= 0.6 is 0 Å². The lowest BCUT2D eigenvalue weighted by atomic mass is 10.1. The van der Waals surface area contributed by atoms with Crippen LogP contribution in [0.1, 0.15) is 17.5 Å². The monoisotopic (exact) mass is 329 g/mol. The van der Waals surface area contributed by atoms with Crippen molar-refractivity contribution < 1.29 is 14.5 Å². The first kappa shape index (κ1) is 17.3. The van der Waals surface area contributed by atoms with E-state index >= 15 is 0 Å². The summed E-state index contributed by atoms with van der Waals surface area (Å²) in [6.07, 6.45) is 1.35. The molecule has 0 spiro atoms. The summed E-state index contributed by atoms with van der Waals surface area (Å²) in [4.78, 5) is 15.6. The number of rotatable bonds is 8. The maximum absolute atomic E-state index is 11.0. The first-order valence-electron chi connectivity index (χ1n) is 7.39. The maximum atomic E-state index is 11.0. The van der Waals surface area contributed by atoms with E-state index in [9.17, 15) is 10.1 Å². The van der Waals surface area contributed by atoms with Gasteiger partial charge >= 0.3 is 5.69 Å². The van der Waals surface area contributed by atoms with Crippen molar-refractivity contribution in [2.24, 2.45) is 10.9 Å². The van der Waals surface area contributed by atoms with E-state index in [1.807, 2.05) is 30.3 Å². The lowest BCUT2D eigenvalue weighted by molar-refractivity contribution is -0.385. The molecule has 2 N–H and O–H groups in total. The van der Waals surface area contributed by atoms with Gasteiger partial charge in [0.25, 0.3) is 0 Å². The highest BCUT2D eigenvalue weighted by Gasteiger charge is 2.15. The quantitative estimate of drug-likeness (QED) is 0.347. The van der Waals surface area contributed by atoms with E-state index in [0.29, 0.717) is 17.8 Å². The zero-order valence-electron chi connectivity index (χ0n) is 13.3. The smallest absolute Gasteiger partial charge is 0.311 e. The number of benzene rings is 2. The Bertz CT molecular complexity index is 717. The van der Waals surface area contributed by atoms with Crippen LogP contribution in [0.2, 0.25) is 0 Å². The Morgan fingerprint density at radius 2 is 1.96 bits per heavy atom. The van der Waals surface area contributed by atoms with E-state index in [4.69, 9.17) is 15.3 Å². The molecule has 0 aliphatic heterocycles. The number of amidine groups is 1. The largest absolute Gasteiger partial charge is 0.490 e. The van der Waals surface area contributed by atoms with Gasteiger partial charge in [0.1, 0.15) is 12.4 Å². The molecule has 0 aromatic heterocycles. The number of nitrogens with zero attached hydrogens (tertiary/aromatic N) is 2. The Kier molecular flexibility index (Phi) is 6.13. The molecule has 0 atom stereocenters. The van der Waals surface area contributed by atoms with Crippen molar-refractivity contribution in [3.63, 3.8) is 0 Å². The summed E-state index contributed by atoms with van der Waals surface area (Å²) in [7, 11) is 1.39. The van der Waals surface area contributed by atoms with Crippen LogP contribution in [0.3, 0.4) is 0 Å². The third-order valence-electron chi connectivity index (χ3n) is 3.37. The van der Waals surface area contributed by atoms with Crippen LogP contribution in [0.5, 0.6) is 5.75 Å². The molecular formula is C17H19N3O4. The number of hydrogen-bond donors (Lipinski definition) is 1. The molecule has 0 aliphatic carbocycles. The second-order valence-corrected chi connectivity index (χ2v) is 5.10. The molecule has 2 aromatic rings.